The van der Waals surface area contributed by atoms with Crippen molar-refractivity contribution in [3.63, 3.8) is 0 Å². The highest BCUT2D eigenvalue weighted by Gasteiger charge is 2.32. The number of hydrogen-bond acceptors (Lipinski definition) is 12. The van der Waals surface area contributed by atoms with Crippen LogP contribution in [0.5, 0.6) is 0 Å². The lowest BCUT2D eigenvalue weighted by Crippen LogP contribution is -2.59. The van der Waals surface area contributed by atoms with Gasteiger partial charge in [0.1, 0.15) is 24.2 Å². The lowest BCUT2D eigenvalue weighted by atomic mass is 10.0. The SMILES string of the molecule is NC(=O)CNC(=O)[C@@H]1CSSC[C@H](N)C(=O)NC(CCCN=C(N)N)C(=O)NCC(=O)N[C@@H](CC(=O)O)C(=O)NC(Cc2ccccc2)C(=O)N1. The molecule has 1 aliphatic heterocycles. The van der Waals surface area contributed by atoms with Crippen LogP contribution in [0, 0.1) is 0 Å². The molecule has 1 fully saturated rings. The van der Waals surface area contributed by atoms with Gasteiger partial charge in [0, 0.05) is 24.5 Å². The highest BCUT2D eigenvalue weighted by molar-refractivity contribution is 8.76. The largest absolute Gasteiger partial charge is 0.481 e. The van der Waals surface area contributed by atoms with Gasteiger partial charge in [-0.25, -0.2) is 0 Å². The number of carbonyl (C=O) groups is 8. The van der Waals surface area contributed by atoms with Crippen LogP contribution in [0.1, 0.15) is 24.8 Å². The maximum atomic E-state index is 13.6. The average Bonchev–Trinajstić information content (AvgIpc) is 3.07. The third-order valence-electron chi connectivity index (χ3n) is 6.92. The number of aliphatic carboxylic acids is 1. The Morgan fingerprint density at radius 1 is 0.843 bits per heavy atom. The van der Waals surface area contributed by atoms with Crippen molar-refractivity contribution < 1.29 is 43.5 Å². The van der Waals surface area contributed by atoms with Crippen LogP contribution in [0.15, 0.2) is 35.3 Å². The molecule has 0 bridgehead atoms. The van der Waals surface area contributed by atoms with Crippen LogP contribution in [0.25, 0.3) is 0 Å². The molecular weight excluding hydrogens is 711 g/mol. The molecule has 1 heterocycles. The summed E-state index contributed by atoms with van der Waals surface area (Å²) in [6, 6.07) is 1.78. The van der Waals surface area contributed by atoms with Crippen molar-refractivity contribution in [1.82, 2.24) is 31.9 Å². The van der Waals surface area contributed by atoms with E-state index in [0.29, 0.717) is 5.56 Å². The van der Waals surface area contributed by atoms with Crippen LogP contribution in [0.2, 0.25) is 0 Å². The Balaban J connectivity index is 2.43. The van der Waals surface area contributed by atoms with E-state index in [9.17, 15) is 43.5 Å². The van der Waals surface area contributed by atoms with Gasteiger partial charge in [0.05, 0.1) is 25.6 Å². The Morgan fingerprint density at radius 2 is 1.49 bits per heavy atom. The molecule has 15 N–H and O–H groups in total. The molecule has 2 unspecified atom stereocenters. The molecule has 20 nitrogen and oxygen atoms in total. The van der Waals surface area contributed by atoms with Gasteiger partial charge in [0.25, 0.3) is 0 Å². The molecule has 7 amide bonds. The molecule has 1 aliphatic rings. The fourth-order valence-corrected chi connectivity index (χ4v) is 6.65. The Bertz CT molecular complexity index is 1450. The summed E-state index contributed by atoms with van der Waals surface area (Å²) in [5.41, 5.74) is 22.5. The molecule has 22 heteroatoms. The molecule has 0 aromatic heterocycles. The molecule has 280 valence electrons. The monoisotopic (exact) mass is 753 g/mol. The smallest absolute Gasteiger partial charge is 0.305 e. The van der Waals surface area contributed by atoms with Gasteiger partial charge in [-0.2, -0.15) is 0 Å². The van der Waals surface area contributed by atoms with Gasteiger partial charge in [0.15, 0.2) is 5.96 Å². The summed E-state index contributed by atoms with van der Waals surface area (Å²) in [6.07, 6.45) is -0.704. The van der Waals surface area contributed by atoms with Gasteiger partial charge >= 0.3 is 5.97 Å². The fourth-order valence-electron chi connectivity index (χ4n) is 4.37. The highest BCUT2D eigenvalue weighted by Crippen LogP contribution is 2.23. The molecule has 0 spiro atoms. The van der Waals surface area contributed by atoms with Gasteiger partial charge in [-0.05, 0) is 18.4 Å². The van der Waals surface area contributed by atoms with Crippen LogP contribution in [0.3, 0.4) is 0 Å². The number of amides is 7. The van der Waals surface area contributed by atoms with Gasteiger partial charge in [0.2, 0.25) is 41.4 Å². The second kappa shape index (κ2) is 21.9. The minimum Gasteiger partial charge on any atom is -0.481 e. The minimum absolute atomic E-state index is 0.00245. The van der Waals surface area contributed by atoms with Gasteiger partial charge < -0.3 is 59.9 Å². The first-order chi connectivity index (χ1) is 24.2. The molecule has 0 radical (unpaired) electrons. The Kier molecular flexibility index (Phi) is 18.1. The van der Waals surface area contributed by atoms with Crippen molar-refractivity contribution in [3.05, 3.63) is 35.9 Å². The quantitative estimate of drug-likeness (QED) is 0.0437. The summed E-state index contributed by atoms with van der Waals surface area (Å²) in [4.78, 5) is 106. The summed E-state index contributed by atoms with van der Waals surface area (Å²) < 4.78 is 0. The fraction of sp³-hybridized carbons (Fsp3) is 0.483. The summed E-state index contributed by atoms with van der Waals surface area (Å²) in [7, 11) is 2.14. The van der Waals surface area contributed by atoms with Crippen LogP contribution in [0.4, 0.5) is 0 Å². The normalized spacial score (nSPS) is 22.8. The zero-order valence-corrected chi connectivity index (χ0v) is 29.1. The molecule has 1 aromatic carbocycles. The van der Waals surface area contributed by atoms with Crippen molar-refractivity contribution in [2.75, 3.05) is 31.1 Å². The van der Waals surface area contributed by atoms with Crippen LogP contribution < -0.4 is 54.8 Å². The zero-order chi connectivity index (χ0) is 37.9. The van der Waals surface area contributed by atoms with Gasteiger partial charge in [-0.15, -0.1) is 0 Å². The van der Waals surface area contributed by atoms with Crippen LogP contribution >= 0.6 is 21.6 Å². The zero-order valence-electron chi connectivity index (χ0n) is 27.4. The summed E-state index contributed by atoms with van der Waals surface area (Å²) in [5.74, 6) is -7.70. The van der Waals surface area contributed by atoms with E-state index in [-0.39, 0.29) is 43.3 Å². The van der Waals surface area contributed by atoms with Crippen LogP contribution in [-0.4, -0.2) is 120 Å². The number of nitrogens with two attached hydrogens (primary N) is 4. The summed E-state index contributed by atoms with van der Waals surface area (Å²) in [6.45, 7) is -1.12. The van der Waals surface area contributed by atoms with Crippen molar-refractivity contribution in [3.8, 4) is 0 Å². The van der Waals surface area contributed by atoms with Crippen LogP contribution in [-0.2, 0) is 44.8 Å². The number of carboxylic acids is 1. The molecule has 1 saturated heterocycles. The number of rotatable bonds is 11. The number of primary amides is 1. The molecule has 2 rings (SSSR count). The van der Waals surface area contributed by atoms with E-state index in [1.54, 1.807) is 30.3 Å². The Morgan fingerprint density at radius 3 is 2.14 bits per heavy atom. The second-order valence-corrected chi connectivity index (χ2v) is 13.7. The minimum atomic E-state index is -1.70. The standard InChI is InChI=1S/C29H43N11O9S2/c30-16-13-50-51-14-20(26(47)35-11-21(31)41)40-27(48)18(9-15-5-2-1-3-6-15)39-28(49)19(10-23(43)44)37-22(42)12-36-25(46)17(38-24(16)45)7-4-8-34-29(32)33/h1-3,5-6,16-20H,4,7-14,30H2,(H2,31,41)(H,35,47)(H,36,46)(H,37,42)(H,38,45)(H,39,49)(H,40,48)(H,43,44)(H4,32,33,34)/t16-,17?,18?,19-,20-/m0/s1. The lowest BCUT2D eigenvalue weighted by Gasteiger charge is -2.25. The average molecular weight is 754 g/mol. The molecule has 51 heavy (non-hydrogen) atoms. The number of benzene rings is 1. The highest BCUT2D eigenvalue weighted by atomic mass is 33.1. The van der Waals surface area contributed by atoms with E-state index in [1.165, 1.54) is 0 Å². The molecule has 0 saturated carbocycles. The van der Waals surface area contributed by atoms with Crippen molar-refractivity contribution in [2.45, 2.75) is 55.9 Å². The van der Waals surface area contributed by atoms with Crippen molar-refractivity contribution in [2.24, 2.45) is 27.9 Å². The number of nitrogens with one attached hydrogen (secondary N) is 6. The number of aliphatic imine (C=N–C) groups is 1. The molecule has 5 atom stereocenters. The predicted molar refractivity (Wildman–Crippen MR) is 188 cm³/mol. The van der Waals surface area contributed by atoms with E-state index < -0.39 is 97.0 Å². The molecular formula is C29H43N11O9S2. The maximum Gasteiger partial charge on any atom is 0.305 e. The number of nitrogens with zero attached hydrogens (tertiary/aromatic N) is 1. The first-order valence-corrected chi connectivity index (χ1v) is 18.0. The van der Waals surface area contributed by atoms with Gasteiger partial charge in [-0.3, -0.25) is 43.3 Å². The molecule has 0 aliphatic carbocycles. The number of carbonyl (C=O) groups excluding carboxylic acids is 7. The van der Waals surface area contributed by atoms with E-state index >= 15 is 0 Å². The van der Waals surface area contributed by atoms with E-state index in [1.807, 2.05) is 0 Å². The van der Waals surface area contributed by atoms with E-state index in [4.69, 9.17) is 22.9 Å². The second-order valence-electron chi connectivity index (χ2n) is 11.1. The first-order valence-electron chi connectivity index (χ1n) is 15.5. The summed E-state index contributed by atoms with van der Waals surface area (Å²) in [5, 5.41) is 23.9. The third-order valence-corrected chi connectivity index (χ3v) is 9.37. The number of guanidine groups is 1. The predicted octanol–water partition coefficient (Wildman–Crippen LogP) is -4.86. The van der Waals surface area contributed by atoms with Crippen molar-refractivity contribution in [1.29, 1.82) is 0 Å². The van der Waals surface area contributed by atoms with E-state index in [2.05, 4.69) is 36.9 Å². The number of hydrogen-bond donors (Lipinski definition) is 11. The van der Waals surface area contributed by atoms with Gasteiger partial charge in [-0.1, -0.05) is 51.9 Å². The number of carboxylic acid groups (broad SMARTS) is 1. The van der Waals surface area contributed by atoms with Crippen molar-refractivity contribution >= 4 is 74.9 Å². The maximum absolute atomic E-state index is 13.6. The third kappa shape index (κ3) is 16.4. The lowest BCUT2D eigenvalue weighted by molar-refractivity contribution is -0.141. The topological polar surface area (TPSA) is 345 Å². The molecule has 1 aromatic rings. The van der Waals surface area contributed by atoms with E-state index in [0.717, 1.165) is 21.6 Å². The Labute approximate surface area is 300 Å². The Hall–Kier alpha value is -5.09. The first kappa shape index (κ1) is 42.1. The summed E-state index contributed by atoms with van der Waals surface area (Å²) >= 11 is 0.